The van der Waals surface area contributed by atoms with Crippen molar-refractivity contribution in [2.45, 2.75) is 46.1 Å². The van der Waals surface area contributed by atoms with Gasteiger partial charge in [-0.05, 0) is 69.8 Å². The lowest BCUT2D eigenvalue weighted by molar-refractivity contribution is 0.0683. The summed E-state index contributed by atoms with van der Waals surface area (Å²) in [6.45, 7) is 9.43. The molecule has 2 nitrogen and oxygen atoms in total. The van der Waals surface area contributed by atoms with E-state index in [0.717, 1.165) is 37.0 Å². The van der Waals surface area contributed by atoms with Crippen LogP contribution in [0.1, 0.15) is 39.2 Å². The molecule has 0 bridgehead atoms. The lowest BCUT2D eigenvalue weighted by Gasteiger charge is -2.18. The number of hydrogen-bond donors (Lipinski definition) is 1. The minimum Gasteiger partial charge on any atom is -0.379 e. The first kappa shape index (κ1) is 17.7. The van der Waals surface area contributed by atoms with Gasteiger partial charge in [0.1, 0.15) is 0 Å². The van der Waals surface area contributed by atoms with E-state index in [4.69, 9.17) is 4.74 Å². The number of halogens is 1. The van der Waals surface area contributed by atoms with Crippen molar-refractivity contribution in [1.29, 1.82) is 0 Å². The molecule has 3 heteroatoms. The highest BCUT2D eigenvalue weighted by Crippen LogP contribution is 2.16. The van der Waals surface area contributed by atoms with Gasteiger partial charge in [-0.15, -0.1) is 0 Å². The van der Waals surface area contributed by atoms with Gasteiger partial charge in [0.05, 0.1) is 6.10 Å². The molecule has 1 aromatic carbocycles. The summed E-state index contributed by atoms with van der Waals surface area (Å²) in [6, 6.07) is 8.66. The standard InChI is InChI=1S/C17H28BrNO/c1-4-10-19-13-16(9-11-20-14(2)3)12-15-5-7-17(18)8-6-15/h5-8,14,16,19H,4,9-13H2,1-3H3. The van der Waals surface area contributed by atoms with Gasteiger partial charge in [0, 0.05) is 11.1 Å². The average Bonchev–Trinajstić information content (AvgIpc) is 2.41. The average molecular weight is 342 g/mol. The van der Waals surface area contributed by atoms with Gasteiger partial charge in [-0.2, -0.15) is 0 Å². The molecule has 0 spiro atoms. The summed E-state index contributed by atoms with van der Waals surface area (Å²) >= 11 is 3.49. The first-order chi connectivity index (χ1) is 9.61. The van der Waals surface area contributed by atoms with Gasteiger partial charge >= 0.3 is 0 Å². The van der Waals surface area contributed by atoms with Crippen LogP contribution in [0.3, 0.4) is 0 Å². The topological polar surface area (TPSA) is 21.3 Å². The lowest BCUT2D eigenvalue weighted by atomic mass is 9.96. The van der Waals surface area contributed by atoms with Crippen LogP contribution in [0.15, 0.2) is 28.7 Å². The molecule has 0 aliphatic carbocycles. The van der Waals surface area contributed by atoms with Crippen molar-refractivity contribution in [1.82, 2.24) is 5.32 Å². The molecule has 114 valence electrons. The Morgan fingerprint density at radius 2 is 1.90 bits per heavy atom. The van der Waals surface area contributed by atoms with Gasteiger partial charge in [0.2, 0.25) is 0 Å². The van der Waals surface area contributed by atoms with E-state index in [0.29, 0.717) is 12.0 Å². The van der Waals surface area contributed by atoms with Gasteiger partial charge in [-0.1, -0.05) is 35.0 Å². The van der Waals surface area contributed by atoms with Crippen molar-refractivity contribution in [3.05, 3.63) is 34.3 Å². The number of hydrogen-bond acceptors (Lipinski definition) is 2. The molecule has 0 aromatic heterocycles. The molecule has 0 aliphatic rings. The third kappa shape index (κ3) is 8.03. The third-order valence-corrected chi connectivity index (χ3v) is 3.80. The van der Waals surface area contributed by atoms with Gasteiger partial charge in [0.15, 0.2) is 0 Å². The quantitative estimate of drug-likeness (QED) is 0.636. The Morgan fingerprint density at radius 1 is 1.20 bits per heavy atom. The van der Waals surface area contributed by atoms with E-state index >= 15 is 0 Å². The second kappa shape index (κ2) is 10.4. The molecule has 0 saturated heterocycles. The number of benzene rings is 1. The van der Waals surface area contributed by atoms with Crippen molar-refractivity contribution < 1.29 is 4.74 Å². The summed E-state index contributed by atoms with van der Waals surface area (Å²) in [6.07, 6.45) is 3.75. The summed E-state index contributed by atoms with van der Waals surface area (Å²) in [4.78, 5) is 0. The fourth-order valence-corrected chi connectivity index (χ4v) is 2.45. The maximum Gasteiger partial charge on any atom is 0.0518 e. The Morgan fingerprint density at radius 3 is 2.50 bits per heavy atom. The fraction of sp³-hybridized carbons (Fsp3) is 0.647. The fourth-order valence-electron chi connectivity index (χ4n) is 2.18. The van der Waals surface area contributed by atoms with Crippen LogP contribution in [-0.2, 0) is 11.2 Å². The van der Waals surface area contributed by atoms with Crippen LogP contribution in [-0.4, -0.2) is 25.8 Å². The Bertz CT molecular complexity index is 351. The van der Waals surface area contributed by atoms with Crippen molar-refractivity contribution in [3.63, 3.8) is 0 Å². The van der Waals surface area contributed by atoms with Crippen LogP contribution in [0.2, 0.25) is 0 Å². The van der Waals surface area contributed by atoms with Gasteiger partial charge in [-0.3, -0.25) is 0 Å². The first-order valence-corrected chi connectivity index (χ1v) is 8.47. The van der Waals surface area contributed by atoms with Crippen LogP contribution < -0.4 is 5.32 Å². The monoisotopic (exact) mass is 341 g/mol. The highest BCUT2D eigenvalue weighted by atomic mass is 79.9. The zero-order valence-corrected chi connectivity index (χ0v) is 14.6. The molecule has 0 saturated carbocycles. The van der Waals surface area contributed by atoms with Crippen molar-refractivity contribution in [2.24, 2.45) is 5.92 Å². The molecule has 0 fully saturated rings. The smallest absolute Gasteiger partial charge is 0.0518 e. The first-order valence-electron chi connectivity index (χ1n) is 7.68. The highest BCUT2D eigenvalue weighted by Gasteiger charge is 2.10. The van der Waals surface area contributed by atoms with Gasteiger partial charge < -0.3 is 10.1 Å². The Hall–Kier alpha value is -0.380. The molecule has 0 aliphatic heterocycles. The van der Waals surface area contributed by atoms with Crippen molar-refractivity contribution in [2.75, 3.05) is 19.7 Å². The van der Waals surface area contributed by atoms with Gasteiger partial charge in [-0.25, -0.2) is 0 Å². The normalized spacial score (nSPS) is 12.8. The van der Waals surface area contributed by atoms with Gasteiger partial charge in [0.25, 0.3) is 0 Å². The zero-order chi connectivity index (χ0) is 14.8. The number of ether oxygens (including phenoxy) is 1. The Kier molecular flexibility index (Phi) is 9.16. The predicted octanol–water partition coefficient (Wildman–Crippen LogP) is 4.42. The summed E-state index contributed by atoms with van der Waals surface area (Å²) in [5.41, 5.74) is 1.40. The molecule has 1 rings (SSSR count). The van der Waals surface area contributed by atoms with Crippen LogP contribution in [0.5, 0.6) is 0 Å². The van der Waals surface area contributed by atoms with Crippen molar-refractivity contribution in [3.8, 4) is 0 Å². The molecule has 1 N–H and O–H groups in total. The Balaban J connectivity index is 2.45. The molecule has 1 unspecified atom stereocenters. The molecular formula is C17H28BrNO. The summed E-state index contributed by atoms with van der Waals surface area (Å²) in [5.74, 6) is 0.640. The van der Waals surface area contributed by atoms with Crippen LogP contribution in [0, 0.1) is 5.92 Å². The van der Waals surface area contributed by atoms with E-state index < -0.39 is 0 Å². The summed E-state index contributed by atoms with van der Waals surface area (Å²) in [7, 11) is 0. The SMILES string of the molecule is CCCNCC(CCOC(C)C)Cc1ccc(Br)cc1. The van der Waals surface area contributed by atoms with E-state index in [1.807, 2.05) is 0 Å². The maximum absolute atomic E-state index is 5.70. The lowest BCUT2D eigenvalue weighted by Crippen LogP contribution is -2.26. The van der Waals surface area contributed by atoms with E-state index in [2.05, 4.69) is 66.3 Å². The maximum atomic E-state index is 5.70. The second-order valence-corrected chi connectivity index (χ2v) is 6.52. The van der Waals surface area contributed by atoms with Crippen LogP contribution >= 0.6 is 15.9 Å². The minimum absolute atomic E-state index is 0.326. The second-order valence-electron chi connectivity index (χ2n) is 5.61. The van der Waals surface area contributed by atoms with E-state index in [1.165, 1.54) is 12.0 Å². The summed E-state index contributed by atoms with van der Waals surface area (Å²) in [5, 5.41) is 3.54. The number of nitrogens with one attached hydrogen (secondary N) is 1. The predicted molar refractivity (Wildman–Crippen MR) is 90.2 cm³/mol. The third-order valence-electron chi connectivity index (χ3n) is 3.27. The largest absolute Gasteiger partial charge is 0.379 e. The van der Waals surface area contributed by atoms with E-state index in [-0.39, 0.29) is 0 Å². The molecule has 0 amide bonds. The molecule has 1 aromatic rings. The molecule has 0 radical (unpaired) electrons. The number of rotatable bonds is 10. The van der Waals surface area contributed by atoms with Crippen LogP contribution in [0.25, 0.3) is 0 Å². The van der Waals surface area contributed by atoms with E-state index in [1.54, 1.807) is 0 Å². The highest BCUT2D eigenvalue weighted by molar-refractivity contribution is 9.10. The van der Waals surface area contributed by atoms with Crippen LogP contribution in [0.4, 0.5) is 0 Å². The molecular weight excluding hydrogens is 314 g/mol. The Labute approximate surface area is 132 Å². The van der Waals surface area contributed by atoms with E-state index in [9.17, 15) is 0 Å². The van der Waals surface area contributed by atoms with Crippen molar-refractivity contribution >= 4 is 15.9 Å². The zero-order valence-electron chi connectivity index (χ0n) is 13.0. The molecule has 0 heterocycles. The minimum atomic E-state index is 0.326. The molecule has 20 heavy (non-hydrogen) atoms. The molecule has 1 atom stereocenters. The summed E-state index contributed by atoms with van der Waals surface area (Å²) < 4.78 is 6.84.